The summed E-state index contributed by atoms with van der Waals surface area (Å²) in [6.45, 7) is 0.296. The molecule has 0 bridgehead atoms. The fraction of sp³-hybridized carbons (Fsp3) is 0.286. The number of benzene rings is 1. The number of nitrogens with zero attached hydrogens (tertiary/aromatic N) is 3. The number of aliphatic hydroxyl groups excluding tert-OH is 1. The van der Waals surface area contributed by atoms with Crippen LogP contribution in [0.25, 0.3) is 0 Å². The first-order valence-corrected chi connectivity index (χ1v) is 6.32. The first-order valence-electron chi connectivity index (χ1n) is 6.32. The number of hydrogen-bond acceptors (Lipinski definition) is 4. The summed E-state index contributed by atoms with van der Waals surface area (Å²) in [6, 6.07) is 4.54. The molecular weight excluding hydrogens is 264 g/mol. The van der Waals surface area contributed by atoms with Crippen molar-refractivity contribution in [2.24, 2.45) is 0 Å². The van der Waals surface area contributed by atoms with Crippen LogP contribution in [0.5, 0.6) is 0 Å². The Kier molecular flexibility index (Phi) is 3.31. The minimum atomic E-state index is -0.619. The molecule has 0 saturated carbocycles. The SMILES string of the molecule is O[C@H]1C[C@@H](c2cc(F)ccc2F)N(c2ncccn2)C1. The highest BCUT2D eigenvalue weighted by Crippen LogP contribution is 2.35. The van der Waals surface area contributed by atoms with E-state index >= 15 is 0 Å². The predicted molar refractivity (Wildman–Crippen MR) is 69.1 cm³/mol. The van der Waals surface area contributed by atoms with E-state index in [4.69, 9.17) is 0 Å². The zero-order valence-corrected chi connectivity index (χ0v) is 10.6. The van der Waals surface area contributed by atoms with Crippen LogP contribution in [-0.4, -0.2) is 27.7 Å². The molecule has 1 N–H and O–H groups in total. The smallest absolute Gasteiger partial charge is 0.225 e. The predicted octanol–water partition coefficient (Wildman–Crippen LogP) is 2.07. The molecule has 0 unspecified atom stereocenters. The van der Waals surface area contributed by atoms with Crippen LogP contribution in [0.2, 0.25) is 0 Å². The van der Waals surface area contributed by atoms with Gasteiger partial charge in [-0.15, -0.1) is 0 Å². The van der Waals surface area contributed by atoms with Gasteiger partial charge in [-0.05, 0) is 30.7 Å². The second kappa shape index (κ2) is 5.13. The van der Waals surface area contributed by atoms with Gasteiger partial charge in [0.25, 0.3) is 0 Å². The van der Waals surface area contributed by atoms with E-state index in [0.29, 0.717) is 18.9 Å². The van der Waals surface area contributed by atoms with Crippen molar-refractivity contribution in [3.05, 3.63) is 53.9 Å². The van der Waals surface area contributed by atoms with Crippen molar-refractivity contribution >= 4 is 5.95 Å². The molecule has 1 fully saturated rings. The molecule has 6 heteroatoms. The van der Waals surface area contributed by atoms with Crippen LogP contribution < -0.4 is 4.90 Å². The Balaban J connectivity index is 2.00. The molecular formula is C14H13F2N3O. The Bertz CT molecular complexity index is 609. The molecule has 0 radical (unpaired) electrons. The van der Waals surface area contributed by atoms with Crippen molar-refractivity contribution in [2.45, 2.75) is 18.6 Å². The molecule has 2 aromatic rings. The molecule has 20 heavy (non-hydrogen) atoms. The number of β-amino-alcohol motifs (C(OH)–C–C–N with tert-alkyl or cyclic N) is 1. The number of aromatic nitrogens is 2. The minimum Gasteiger partial charge on any atom is -0.391 e. The van der Waals surface area contributed by atoms with Crippen molar-refractivity contribution in [2.75, 3.05) is 11.4 Å². The Morgan fingerprint density at radius 1 is 1.20 bits per heavy atom. The largest absolute Gasteiger partial charge is 0.391 e. The van der Waals surface area contributed by atoms with Crippen LogP contribution in [0.4, 0.5) is 14.7 Å². The van der Waals surface area contributed by atoms with Crippen LogP contribution in [0.3, 0.4) is 0 Å². The minimum absolute atomic E-state index is 0.217. The quantitative estimate of drug-likeness (QED) is 0.913. The second-order valence-electron chi connectivity index (χ2n) is 4.77. The summed E-state index contributed by atoms with van der Waals surface area (Å²) in [5.74, 6) is -0.596. The van der Waals surface area contributed by atoms with Crippen LogP contribution in [0.1, 0.15) is 18.0 Å². The number of rotatable bonds is 2. The van der Waals surface area contributed by atoms with Crippen LogP contribution in [-0.2, 0) is 0 Å². The summed E-state index contributed by atoms with van der Waals surface area (Å²) in [5, 5.41) is 9.84. The van der Waals surface area contributed by atoms with Crippen molar-refractivity contribution in [1.82, 2.24) is 9.97 Å². The number of hydrogen-bond donors (Lipinski definition) is 1. The topological polar surface area (TPSA) is 49.2 Å². The van der Waals surface area contributed by atoms with E-state index in [2.05, 4.69) is 9.97 Å². The van der Waals surface area contributed by atoms with Gasteiger partial charge in [-0.25, -0.2) is 18.7 Å². The third kappa shape index (κ3) is 2.34. The van der Waals surface area contributed by atoms with Crippen LogP contribution in [0, 0.1) is 11.6 Å². The van der Waals surface area contributed by atoms with Gasteiger partial charge < -0.3 is 10.0 Å². The average molecular weight is 277 g/mol. The zero-order chi connectivity index (χ0) is 14.1. The lowest BCUT2D eigenvalue weighted by atomic mass is 10.0. The molecule has 1 saturated heterocycles. The molecule has 1 aromatic carbocycles. The normalized spacial score (nSPS) is 22.2. The lowest BCUT2D eigenvalue weighted by Crippen LogP contribution is -2.26. The van der Waals surface area contributed by atoms with E-state index < -0.39 is 23.8 Å². The molecule has 2 atom stereocenters. The van der Waals surface area contributed by atoms with Gasteiger partial charge in [0, 0.05) is 24.5 Å². The molecule has 4 nitrogen and oxygen atoms in total. The summed E-state index contributed by atoms with van der Waals surface area (Å²) in [4.78, 5) is 9.92. The summed E-state index contributed by atoms with van der Waals surface area (Å²) in [5.41, 5.74) is 0.217. The number of anilines is 1. The Hall–Kier alpha value is -2.08. The van der Waals surface area contributed by atoms with Crippen LogP contribution >= 0.6 is 0 Å². The van der Waals surface area contributed by atoms with E-state index in [0.717, 1.165) is 18.2 Å². The summed E-state index contributed by atoms with van der Waals surface area (Å²) in [6.07, 6.45) is 2.85. The fourth-order valence-electron chi connectivity index (χ4n) is 2.54. The van der Waals surface area contributed by atoms with Gasteiger partial charge in [0.05, 0.1) is 12.1 Å². The van der Waals surface area contributed by atoms with Crippen molar-refractivity contribution in [1.29, 1.82) is 0 Å². The maximum Gasteiger partial charge on any atom is 0.225 e. The highest BCUT2D eigenvalue weighted by molar-refractivity contribution is 5.39. The van der Waals surface area contributed by atoms with E-state index in [-0.39, 0.29) is 5.56 Å². The Morgan fingerprint density at radius 2 is 1.95 bits per heavy atom. The molecule has 1 aliphatic heterocycles. The third-order valence-electron chi connectivity index (χ3n) is 3.41. The highest BCUT2D eigenvalue weighted by atomic mass is 19.1. The maximum atomic E-state index is 13.9. The van der Waals surface area contributed by atoms with Gasteiger partial charge >= 0.3 is 0 Å². The lowest BCUT2D eigenvalue weighted by molar-refractivity contribution is 0.194. The van der Waals surface area contributed by atoms with E-state index in [9.17, 15) is 13.9 Å². The van der Waals surface area contributed by atoms with Gasteiger partial charge in [-0.1, -0.05) is 0 Å². The van der Waals surface area contributed by atoms with Crippen molar-refractivity contribution in [3.8, 4) is 0 Å². The summed E-state index contributed by atoms with van der Waals surface area (Å²) in [7, 11) is 0. The average Bonchev–Trinajstić information content (AvgIpc) is 2.84. The second-order valence-corrected chi connectivity index (χ2v) is 4.77. The van der Waals surface area contributed by atoms with Crippen molar-refractivity contribution < 1.29 is 13.9 Å². The zero-order valence-electron chi connectivity index (χ0n) is 10.6. The molecule has 0 amide bonds. The first kappa shape index (κ1) is 12.9. The van der Waals surface area contributed by atoms with Gasteiger partial charge in [0.2, 0.25) is 5.95 Å². The Morgan fingerprint density at radius 3 is 2.70 bits per heavy atom. The van der Waals surface area contributed by atoms with E-state index in [1.165, 1.54) is 0 Å². The molecule has 1 aliphatic rings. The van der Waals surface area contributed by atoms with E-state index in [1.807, 2.05) is 0 Å². The van der Waals surface area contributed by atoms with Gasteiger partial charge in [-0.3, -0.25) is 0 Å². The standard InChI is InChI=1S/C14H13F2N3O/c15-9-2-3-12(16)11(6-9)13-7-10(20)8-19(13)14-17-4-1-5-18-14/h1-6,10,13,20H,7-8H2/t10-,13-/m0/s1. The van der Waals surface area contributed by atoms with E-state index in [1.54, 1.807) is 23.4 Å². The Labute approximate surface area is 114 Å². The van der Waals surface area contributed by atoms with Crippen molar-refractivity contribution in [3.63, 3.8) is 0 Å². The molecule has 104 valence electrons. The highest BCUT2D eigenvalue weighted by Gasteiger charge is 2.35. The molecule has 0 aliphatic carbocycles. The van der Waals surface area contributed by atoms with Gasteiger partial charge in [0.15, 0.2) is 0 Å². The fourth-order valence-corrected chi connectivity index (χ4v) is 2.54. The first-order chi connectivity index (χ1) is 9.65. The molecule has 3 rings (SSSR count). The summed E-state index contributed by atoms with van der Waals surface area (Å²) >= 11 is 0. The molecule has 1 aromatic heterocycles. The van der Waals surface area contributed by atoms with Gasteiger partial charge in [0.1, 0.15) is 11.6 Å². The van der Waals surface area contributed by atoms with Crippen LogP contribution in [0.15, 0.2) is 36.7 Å². The lowest BCUT2D eigenvalue weighted by Gasteiger charge is -2.24. The summed E-state index contributed by atoms with van der Waals surface area (Å²) < 4.78 is 27.3. The monoisotopic (exact) mass is 277 g/mol. The maximum absolute atomic E-state index is 13.9. The van der Waals surface area contributed by atoms with Gasteiger partial charge in [-0.2, -0.15) is 0 Å². The molecule has 2 heterocycles. The third-order valence-corrected chi connectivity index (χ3v) is 3.41. The number of halogens is 2. The molecule has 0 spiro atoms. The number of aliphatic hydroxyl groups is 1.